The summed E-state index contributed by atoms with van der Waals surface area (Å²) in [5, 5.41) is 9.03. The lowest BCUT2D eigenvalue weighted by molar-refractivity contribution is 0.319. The van der Waals surface area contributed by atoms with Crippen molar-refractivity contribution in [2.45, 2.75) is 68.6 Å². The van der Waals surface area contributed by atoms with Crippen LogP contribution < -0.4 is 0 Å². The third kappa shape index (κ3) is 5.94. The molecule has 0 amide bonds. The molecule has 180 valence electrons. The molecule has 2 aromatic carbocycles. The number of rotatable bonds is 12. The van der Waals surface area contributed by atoms with E-state index in [1.165, 1.54) is 48.9 Å². The van der Waals surface area contributed by atoms with E-state index in [0.717, 1.165) is 24.0 Å². The quantitative estimate of drug-likeness (QED) is 0.311. The molecule has 1 saturated carbocycles. The summed E-state index contributed by atoms with van der Waals surface area (Å²) in [6, 6.07) is 20.0. The standard InChI is InChI=1S/C29H35NO3S/c1-2-3-4-5-6-9-23-11-12-24(22-13-15-25(16-14-22)34(32,33)19-18-31)20-26(23)27-21-28(27)29-10-7-8-17-30-29/h7-8,10-17,20,27-28,31H,2-6,9,18-19,21H2,1H3/t27-,28-/m0/s1. The molecule has 0 radical (unpaired) electrons. The maximum atomic E-state index is 12.2. The summed E-state index contributed by atoms with van der Waals surface area (Å²) in [4.78, 5) is 4.85. The molecule has 4 rings (SSSR count). The third-order valence-corrected chi connectivity index (χ3v) is 8.57. The molecular formula is C29H35NO3S. The monoisotopic (exact) mass is 477 g/mol. The summed E-state index contributed by atoms with van der Waals surface area (Å²) in [7, 11) is -3.44. The molecule has 5 heteroatoms. The Labute approximate surface area is 204 Å². The maximum absolute atomic E-state index is 12.2. The largest absolute Gasteiger partial charge is 0.395 e. The van der Waals surface area contributed by atoms with Crippen molar-refractivity contribution in [3.63, 3.8) is 0 Å². The van der Waals surface area contributed by atoms with Gasteiger partial charge in [0.25, 0.3) is 0 Å². The fourth-order valence-electron chi connectivity index (χ4n) is 4.82. The maximum Gasteiger partial charge on any atom is 0.180 e. The van der Waals surface area contributed by atoms with Crippen LogP contribution in [0.2, 0.25) is 0 Å². The second-order valence-electron chi connectivity index (χ2n) is 9.35. The van der Waals surface area contributed by atoms with Crippen molar-refractivity contribution in [3.05, 3.63) is 83.7 Å². The van der Waals surface area contributed by atoms with Gasteiger partial charge in [0.15, 0.2) is 9.84 Å². The van der Waals surface area contributed by atoms with Crippen molar-refractivity contribution in [1.82, 2.24) is 4.98 Å². The average molecular weight is 478 g/mol. The molecule has 1 aromatic heterocycles. The summed E-state index contributed by atoms with van der Waals surface area (Å²) in [6.45, 7) is 1.88. The normalized spacial score (nSPS) is 17.6. The lowest BCUT2D eigenvalue weighted by Crippen LogP contribution is -2.09. The van der Waals surface area contributed by atoms with Crippen LogP contribution in [-0.4, -0.2) is 30.9 Å². The minimum atomic E-state index is -3.44. The van der Waals surface area contributed by atoms with Crippen LogP contribution in [0, 0.1) is 0 Å². The number of aromatic nitrogens is 1. The Morgan fingerprint density at radius 1 is 0.912 bits per heavy atom. The molecule has 2 atom stereocenters. The van der Waals surface area contributed by atoms with Crippen LogP contribution in [0.15, 0.2) is 71.8 Å². The van der Waals surface area contributed by atoms with E-state index in [1.54, 1.807) is 12.1 Å². The zero-order valence-corrected chi connectivity index (χ0v) is 20.8. The number of aliphatic hydroxyl groups is 1. The molecule has 1 N–H and O–H groups in total. The van der Waals surface area contributed by atoms with Crippen molar-refractivity contribution in [1.29, 1.82) is 0 Å². The lowest BCUT2D eigenvalue weighted by atomic mass is 9.92. The van der Waals surface area contributed by atoms with E-state index in [2.05, 4.69) is 42.2 Å². The van der Waals surface area contributed by atoms with Gasteiger partial charge in [-0.2, -0.15) is 0 Å². The molecule has 1 heterocycles. The van der Waals surface area contributed by atoms with Crippen LogP contribution in [0.25, 0.3) is 11.1 Å². The number of hydrogen-bond acceptors (Lipinski definition) is 4. The number of aliphatic hydroxyl groups excluding tert-OH is 1. The molecular weight excluding hydrogens is 442 g/mol. The van der Waals surface area contributed by atoms with E-state index in [-0.39, 0.29) is 17.3 Å². The van der Waals surface area contributed by atoms with E-state index >= 15 is 0 Å². The van der Waals surface area contributed by atoms with E-state index in [1.807, 2.05) is 24.4 Å². The molecule has 3 aromatic rings. The average Bonchev–Trinajstić information content (AvgIpc) is 3.66. The minimum Gasteiger partial charge on any atom is -0.395 e. The van der Waals surface area contributed by atoms with Gasteiger partial charge in [0.05, 0.1) is 17.3 Å². The van der Waals surface area contributed by atoms with E-state index < -0.39 is 9.84 Å². The highest BCUT2D eigenvalue weighted by atomic mass is 32.2. The number of aryl methyl sites for hydroxylation is 1. The second kappa shape index (κ2) is 11.3. The van der Waals surface area contributed by atoms with Crippen molar-refractivity contribution >= 4 is 9.84 Å². The first kappa shape index (κ1) is 24.6. The first-order chi connectivity index (χ1) is 16.5. The number of unbranched alkanes of at least 4 members (excludes halogenated alkanes) is 4. The second-order valence-corrected chi connectivity index (χ2v) is 11.5. The molecule has 4 nitrogen and oxygen atoms in total. The van der Waals surface area contributed by atoms with Crippen LogP contribution in [-0.2, 0) is 16.3 Å². The van der Waals surface area contributed by atoms with Gasteiger partial charge in [-0.25, -0.2) is 8.42 Å². The highest BCUT2D eigenvalue weighted by Gasteiger charge is 2.41. The number of pyridine rings is 1. The Balaban J connectivity index is 1.58. The molecule has 0 saturated heterocycles. The van der Waals surface area contributed by atoms with Gasteiger partial charge in [0.2, 0.25) is 0 Å². The van der Waals surface area contributed by atoms with Crippen LogP contribution in [0.5, 0.6) is 0 Å². The van der Waals surface area contributed by atoms with E-state index in [0.29, 0.717) is 11.8 Å². The highest BCUT2D eigenvalue weighted by molar-refractivity contribution is 7.91. The van der Waals surface area contributed by atoms with Crippen molar-refractivity contribution in [2.75, 3.05) is 12.4 Å². The number of benzene rings is 2. The Hall–Kier alpha value is -2.50. The molecule has 0 spiro atoms. The van der Waals surface area contributed by atoms with E-state index in [9.17, 15) is 8.42 Å². The first-order valence-electron chi connectivity index (χ1n) is 12.5. The Morgan fingerprint density at radius 3 is 2.38 bits per heavy atom. The summed E-state index contributed by atoms with van der Waals surface area (Å²) in [6.07, 6.45) is 10.5. The molecule has 1 aliphatic rings. The topological polar surface area (TPSA) is 67.3 Å². The molecule has 1 fully saturated rings. The number of nitrogens with zero attached hydrogens (tertiary/aromatic N) is 1. The van der Waals surface area contributed by atoms with Crippen LogP contribution in [0.4, 0.5) is 0 Å². The van der Waals surface area contributed by atoms with Gasteiger partial charge in [-0.3, -0.25) is 4.98 Å². The molecule has 34 heavy (non-hydrogen) atoms. The van der Waals surface area contributed by atoms with Crippen LogP contribution >= 0.6 is 0 Å². The molecule has 0 aliphatic heterocycles. The van der Waals surface area contributed by atoms with Gasteiger partial charge >= 0.3 is 0 Å². The van der Waals surface area contributed by atoms with Crippen molar-refractivity contribution in [3.8, 4) is 11.1 Å². The number of hydrogen-bond donors (Lipinski definition) is 1. The highest BCUT2D eigenvalue weighted by Crippen LogP contribution is 2.55. The smallest absolute Gasteiger partial charge is 0.180 e. The third-order valence-electron chi connectivity index (χ3n) is 6.86. The zero-order valence-electron chi connectivity index (χ0n) is 20.0. The minimum absolute atomic E-state index is 0.250. The Bertz CT molecular complexity index is 1170. The summed E-state index contributed by atoms with van der Waals surface area (Å²) < 4.78 is 24.5. The van der Waals surface area contributed by atoms with Gasteiger partial charge in [-0.1, -0.05) is 69.0 Å². The van der Waals surface area contributed by atoms with Gasteiger partial charge in [-0.15, -0.1) is 0 Å². The summed E-state index contributed by atoms with van der Waals surface area (Å²) in [5.41, 5.74) is 6.15. The van der Waals surface area contributed by atoms with Gasteiger partial charge in [0.1, 0.15) is 0 Å². The predicted octanol–water partition coefficient (Wildman–Crippen LogP) is 6.30. The molecule has 0 bridgehead atoms. The predicted molar refractivity (Wildman–Crippen MR) is 138 cm³/mol. The molecule has 1 aliphatic carbocycles. The Kier molecular flexibility index (Phi) is 8.17. The van der Waals surface area contributed by atoms with Gasteiger partial charge < -0.3 is 5.11 Å². The van der Waals surface area contributed by atoms with Crippen LogP contribution in [0.3, 0.4) is 0 Å². The van der Waals surface area contributed by atoms with Crippen molar-refractivity contribution < 1.29 is 13.5 Å². The SMILES string of the molecule is CCCCCCCc1ccc(-c2ccc(S(=O)(=O)CCO)cc2)cc1[C@@H]1C[C@@H]1c1ccccn1. The Morgan fingerprint density at radius 2 is 1.68 bits per heavy atom. The zero-order chi connectivity index (χ0) is 24.0. The van der Waals surface area contributed by atoms with Gasteiger partial charge in [-0.05, 0) is 71.7 Å². The molecule has 0 unspecified atom stereocenters. The van der Waals surface area contributed by atoms with Crippen LogP contribution in [0.1, 0.15) is 74.1 Å². The van der Waals surface area contributed by atoms with Gasteiger partial charge in [0, 0.05) is 17.8 Å². The summed E-state index contributed by atoms with van der Waals surface area (Å²) >= 11 is 0. The summed E-state index contributed by atoms with van der Waals surface area (Å²) in [5.74, 6) is 0.714. The fourth-order valence-corrected chi connectivity index (χ4v) is 5.85. The number of sulfone groups is 1. The lowest BCUT2D eigenvalue weighted by Gasteiger charge is -2.13. The van der Waals surface area contributed by atoms with E-state index in [4.69, 9.17) is 5.11 Å². The van der Waals surface area contributed by atoms with Crippen molar-refractivity contribution in [2.24, 2.45) is 0 Å². The first-order valence-corrected chi connectivity index (χ1v) is 14.2. The fraction of sp³-hybridized carbons (Fsp3) is 0.414.